The van der Waals surface area contributed by atoms with Crippen molar-refractivity contribution < 1.29 is 19.1 Å². The standard InChI is InChI=1S/C20H28O4Si/c1-19(2,3)25(4,5)24-17-13-9-10-14-20(17,22)15-23-18(21)16-11-7-6-8-12-16/h6-14,17,22H,15H2,1-5H3/t17-,20-/m1/s1. The van der Waals surface area contributed by atoms with Gasteiger partial charge in [-0.15, -0.1) is 0 Å². The Bertz CT molecular complexity index is 658. The van der Waals surface area contributed by atoms with Crippen molar-refractivity contribution in [2.75, 3.05) is 6.61 Å². The van der Waals surface area contributed by atoms with Crippen molar-refractivity contribution >= 4 is 14.3 Å². The van der Waals surface area contributed by atoms with Crippen LogP contribution in [-0.2, 0) is 9.16 Å². The fourth-order valence-electron chi connectivity index (χ4n) is 2.25. The second kappa shape index (κ2) is 7.28. The zero-order valence-corrected chi connectivity index (χ0v) is 16.7. The summed E-state index contributed by atoms with van der Waals surface area (Å²) in [6, 6.07) is 8.76. The largest absolute Gasteiger partial charge is 0.459 e. The molecule has 0 radical (unpaired) electrons. The van der Waals surface area contributed by atoms with Gasteiger partial charge in [0.1, 0.15) is 12.2 Å². The van der Waals surface area contributed by atoms with E-state index in [2.05, 4.69) is 33.9 Å². The van der Waals surface area contributed by atoms with E-state index in [4.69, 9.17) is 9.16 Å². The summed E-state index contributed by atoms with van der Waals surface area (Å²) in [7, 11) is -2.09. The predicted molar refractivity (Wildman–Crippen MR) is 102 cm³/mol. The zero-order valence-electron chi connectivity index (χ0n) is 15.7. The first-order chi connectivity index (χ1) is 11.6. The van der Waals surface area contributed by atoms with E-state index >= 15 is 0 Å². The van der Waals surface area contributed by atoms with Gasteiger partial charge in [0.15, 0.2) is 8.32 Å². The molecule has 0 aromatic heterocycles. The Labute approximate surface area is 151 Å². The van der Waals surface area contributed by atoms with Gasteiger partial charge in [-0.25, -0.2) is 4.79 Å². The third-order valence-electron chi connectivity index (χ3n) is 4.95. The molecule has 0 saturated heterocycles. The van der Waals surface area contributed by atoms with Crippen LogP contribution in [0.4, 0.5) is 0 Å². The van der Waals surface area contributed by atoms with Crippen LogP contribution in [0, 0.1) is 0 Å². The maximum atomic E-state index is 12.2. The average Bonchev–Trinajstić information content (AvgIpc) is 2.55. The van der Waals surface area contributed by atoms with E-state index < -0.39 is 26.0 Å². The van der Waals surface area contributed by atoms with Crippen LogP contribution in [0.25, 0.3) is 0 Å². The molecule has 1 aliphatic rings. The van der Waals surface area contributed by atoms with Crippen LogP contribution >= 0.6 is 0 Å². The van der Waals surface area contributed by atoms with Gasteiger partial charge in [0.05, 0.1) is 11.7 Å². The third-order valence-corrected chi connectivity index (χ3v) is 9.40. The fourth-order valence-corrected chi connectivity index (χ4v) is 3.52. The first kappa shape index (κ1) is 19.6. The highest BCUT2D eigenvalue weighted by Crippen LogP contribution is 2.39. The van der Waals surface area contributed by atoms with Crippen LogP contribution in [0.3, 0.4) is 0 Å². The van der Waals surface area contributed by atoms with Gasteiger partial charge in [-0.3, -0.25) is 0 Å². The van der Waals surface area contributed by atoms with Crippen LogP contribution < -0.4 is 0 Å². The molecule has 0 bridgehead atoms. The van der Waals surface area contributed by atoms with Crippen molar-refractivity contribution in [1.82, 2.24) is 0 Å². The first-order valence-corrected chi connectivity index (χ1v) is 11.4. The van der Waals surface area contributed by atoms with Crippen molar-refractivity contribution in [1.29, 1.82) is 0 Å². The lowest BCUT2D eigenvalue weighted by molar-refractivity contribution is -0.0554. The van der Waals surface area contributed by atoms with E-state index in [9.17, 15) is 9.90 Å². The zero-order chi connectivity index (χ0) is 18.7. The van der Waals surface area contributed by atoms with Gasteiger partial charge in [0.2, 0.25) is 0 Å². The topological polar surface area (TPSA) is 55.8 Å². The molecular weight excluding hydrogens is 332 g/mol. The Morgan fingerprint density at radius 3 is 2.44 bits per heavy atom. The highest BCUT2D eigenvalue weighted by atomic mass is 28.4. The number of carbonyl (C=O) groups excluding carboxylic acids is 1. The minimum absolute atomic E-state index is 0.0175. The smallest absolute Gasteiger partial charge is 0.338 e. The van der Waals surface area contributed by atoms with E-state index in [1.165, 1.54) is 0 Å². The number of rotatable bonds is 5. The number of hydrogen-bond acceptors (Lipinski definition) is 4. The number of carbonyl (C=O) groups is 1. The van der Waals surface area contributed by atoms with E-state index in [-0.39, 0.29) is 11.6 Å². The van der Waals surface area contributed by atoms with Crippen molar-refractivity contribution in [2.45, 2.75) is 50.6 Å². The molecule has 1 aliphatic carbocycles. The summed E-state index contributed by atoms with van der Waals surface area (Å²) in [6.45, 7) is 10.6. The van der Waals surface area contributed by atoms with E-state index in [1.54, 1.807) is 36.4 Å². The van der Waals surface area contributed by atoms with Crippen LogP contribution in [0.2, 0.25) is 18.1 Å². The lowest BCUT2D eigenvalue weighted by Crippen LogP contribution is -2.53. The molecule has 136 valence electrons. The Morgan fingerprint density at radius 1 is 1.20 bits per heavy atom. The van der Waals surface area contributed by atoms with E-state index in [1.807, 2.05) is 18.2 Å². The average molecular weight is 361 g/mol. The molecule has 4 nitrogen and oxygen atoms in total. The molecule has 1 aromatic rings. The molecule has 2 rings (SSSR count). The Hall–Kier alpha value is -1.69. The number of aliphatic hydroxyl groups is 1. The van der Waals surface area contributed by atoms with Crippen LogP contribution in [0.15, 0.2) is 54.6 Å². The summed E-state index contributed by atoms with van der Waals surface area (Å²) in [5.41, 5.74) is -0.905. The molecule has 0 amide bonds. The number of benzene rings is 1. The van der Waals surface area contributed by atoms with Gasteiger partial charge in [0, 0.05) is 0 Å². The molecule has 0 spiro atoms. The van der Waals surface area contributed by atoms with Crippen molar-refractivity contribution in [3.8, 4) is 0 Å². The van der Waals surface area contributed by atoms with Crippen LogP contribution in [0.1, 0.15) is 31.1 Å². The normalized spacial score (nSPS) is 23.5. The second-order valence-corrected chi connectivity index (χ2v) is 12.7. The summed E-state index contributed by atoms with van der Waals surface area (Å²) in [4.78, 5) is 12.2. The van der Waals surface area contributed by atoms with Crippen molar-refractivity contribution in [3.63, 3.8) is 0 Å². The second-order valence-electron chi connectivity index (χ2n) is 7.98. The number of hydrogen-bond donors (Lipinski definition) is 1. The molecule has 0 unspecified atom stereocenters. The molecule has 5 heteroatoms. The summed E-state index contributed by atoms with van der Waals surface area (Å²) in [5, 5.41) is 11.1. The van der Waals surface area contributed by atoms with Crippen molar-refractivity contribution in [2.24, 2.45) is 0 Å². The lowest BCUT2D eigenvalue weighted by atomic mass is 9.93. The maximum absolute atomic E-state index is 12.2. The SMILES string of the molecule is CC(C)(C)[Si](C)(C)O[C@@H]1C=CC=C[C@@]1(O)COC(=O)c1ccccc1. The van der Waals surface area contributed by atoms with Gasteiger partial charge in [-0.05, 0) is 36.3 Å². The molecule has 0 heterocycles. The Balaban J connectivity index is 2.10. The van der Waals surface area contributed by atoms with E-state index in [0.717, 1.165) is 0 Å². The van der Waals surface area contributed by atoms with Gasteiger partial charge in [0.25, 0.3) is 0 Å². The fraction of sp³-hybridized carbons (Fsp3) is 0.450. The molecule has 2 atom stereocenters. The predicted octanol–water partition coefficient (Wildman–Crippen LogP) is 4.09. The number of esters is 1. The highest BCUT2D eigenvalue weighted by Gasteiger charge is 2.45. The molecule has 0 saturated carbocycles. The summed E-state index contributed by atoms with van der Waals surface area (Å²) < 4.78 is 11.7. The molecule has 1 aromatic carbocycles. The van der Waals surface area contributed by atoms with Gasteiger partial charge < -0.3 is 14.3 Å². The number of allylic oxidation sites excluding steroid dienone is 2. The molecule has 1 N–H and O–H groups in total. The minimum Gasteiger partial charge on any atom is -0.459 e. The quantitative estimate of drug-likeness (QED) is 0.635. The number of ether oxygens (including phenoxy) is 1. The van der Waals surface area contributed by atoms with E-state index in [0.29, 0.717) is 5.56 Å². The third kappa shape index (κ3) is 4.69. The monoisotopic (exact) mass is 360 g/mol. The molecule has 25 heavy (non-hydrogen) atoms. The first-order valence-electron chi connectivity index (χ1n) is 8.54. The summed E-state index contributed by atoms with van der Waals surface area (Å²) in [6.07, 6.45) is 6.54. The van der Waals surface area contributed by atoms with Crippen LogP contribution in [-0.4, -0.2) is 37.7 Å². The van der Waals surface area contributed by atoms with Gasteiger partial charge >= 0.3 is 5.97 Å². The summed E-state index contributed by atoms with van der Waals surface area (Å²) >= 11 is 0. The van der Waals surface area contributed by atoms with Crippen molar-refractivity contribution in [3.05, 3.63) is 60.2 Å². The lowest BCUT2D eigenvalue weighted by Gasteiger charge is -2.43. The van der Waals surface area contributed by atoms with Crippen LogP contribution in [0.5, 0.6) is 0 Å². The van der Waals surface area contributed by atoms with Gasteiger partial charge in [-0.1, -0.05) is 57.2 Å². The Kier molecular flexibility index (Phi) is 5.71. The minimum atomic E-state index is -2.09. The molecular formula is C20H28O4Si. The van der Waals surface area contributed by atoms with Gasteiger partial charge in [-0.2, -0.15) is 0 Å². The highest BCUT2D eigenvalue weighted by molar-refractivity contribution is 6.74. The molecule has 0 aliphatic heterocycles. The maximum Gasteiger partial charge on any atom is 0.338 e. The Morgan fingerprint density at radius 2 is 1.84 bits per heavy atom. The summed E-state index contributed by atoms with van der Waals surface area (Å²) in [5.74, 6) is -0.456. The molecule has 0 fully saturated rings.